The molecule has 2 aromatic rings. The molecule has 0 aliphatic carbocycles. The van der Waals surface area contributed by atoms with Crippen molar-refractivity contribution in [2.24, 2.45) is 0 Å². The van der Waals surface area contributed by atoms with E-state index in [1.54, 1.807) is 0 Å². The quantitative estimate of drug-likeness (QED) is 0.872. The van der Waals surface area contributed by atoms with E-state index in [-0.39, 0.29) is 16.9 Å². The third-order valence-corrected chi connectivity index (χ3v) is 2.47. The maximum Gasteiger partial charge on any atom is 0.435 e. The fourth-order valence-electron chi connectivity index (χ4n) is 1.65. The largest absolute Gasteiger partial charge is 0.435 e. The molecule has 0 fully saturated rings. The second kappa shape index (κ2) is 3.94. The first-order chi connectivity index (χ1) is 7.95. The number of aromatic amines is 1. The first-order valence-corrected chi connectivity index (χ1v) is 5.22. The minimum absolute atomic E-state index is 0.102. The highest BCUT2D eigenvalue weighted by atomic mass is 19.4. The normalized spacial score (nSPS) is 12.5. The third kappa shape index (κ3) is 1.94. The van der Waals surface area contributed by atoms with Crippen LogP contribution in [0.3, 0.4) is 0 Å². The highest BCUT2D eigenvalue weighted by Crippen LogP contribution is 2.35. The van der Waals surface area contributed by atoms with Gasteiger partial charge in [0.05, 0.1) is 5.39 Å². The van der Waals surface area contributed by atoms with Gasteiger partial charge < -0.3 is 5.73 Å². The number of hydrogen-bond donors (Lipinski definition) is 2. The van der Waals surface area contributed by atoms with E-state index >= 15 is 0 Å². The number of unbranched alkanes of at least 4 members (excludes halogenated alkanes) is 1. The zero-order valence-corrected chi connectivity index (χ0v) is 9.17. The molecule has 0 atom stereocenters. The Morgan fingerprint density at radius 2 is 2.12 bits per heavy atom. The molecule has 8 heteroatoms. The Labute approximate surface area is 94.8 Å². The number of nitrogens with two attached hydrogens (primary N) is 1. The summed E-state index contributed by atoms with van der Waals surface area (Å²) in [5.74, 6) is -0.102. The molecule has 0 aliphatic rings. The van der Waals surface area contributed by atoms with Crippen LogP contribution in [0.2, 0.25) is 0 Å². The standard InChI is InChI=1S/C9H12F3N5/c1-2-3-4-17-8-5(7(13)14-15-8)6(16-17)9(10,11)12/h2-4H2,1H3,(H3,13,14,15). The Morgan fingerprint density at radius 1 is 1.41 bits per heavy atom. The van der Waals surface area contributed by atoms with Gasteiger partial charge in [-0.2, -0.15) is 23.4 Å². The van der Waals surface area contributed by atoms with Crippen molar-refractivity contribution in [2.45, 2.75) is 32.5 Å². The van der Waals surface area contributed by atoms with Crippen LogP contribution in [0, 0.1) is 0 Å². The molecule has 0 amide bonds. The molecule has 2 aromatic heterocycles. The first-order valence-electron chi connectivity index (χ1n) is 5.22. The number of nitrogen functional groups attached to an aromatic ring is 1. The number of halogens is 3. The summed E-state index contributed by atoms with van der Waals surface area (Å²) in [6, 6.07) is 0. The van der Waals surface area contributed by atoms with Crippen molar-refractivity contribution >= 4 is 16.9 Å². The topological polar surface area (TPSA) is 72.5 Å². The SMILES string of the molecule is CCCCn1nc(C(F)(F)F)c2c(N)[nH]nc21. The molecule has 0 saturated carbocycles. The maximum absolute atomic E-state index is 12.7. The molecule has 2 heterocycles. The Morgan fingerprint density at radius 3 is 2.71 bits per heavy atom. The van der Waals surface area contributed by atoms with Crippen molar-refractivity contribution in [3.8, 4) is 0 Å². The average molecular weight is 247 g/mol. The van der Waals surface area contributed by atoms with Gasteiger partial charge in [-0.3, -0.25) is 5.10 Å². The van der Waals surface area contributed by atoms with E-state index < -0.39 is 11.9 Å². The number of nitrogens with one attached hydrogen (secondary N) is 1. The number of anilines is 1. The molecule has 0 aliphatic heterocycles. The van der Waals surface area contributed by atoms with Crippen LogP contribution in [-0.2, 0) is 12.7 Å². The lowest BCUT2D eigenvalue weighted by atomic mass is 10.3. The monoisotopic (exact) mass is 247 g/mol. The van der Waals surface area contributed by atoms with Crippen molar-refractivity contribution in [1.82, 2.24) is 20.0 Å². The van der Waals surface area contributed by atoms with Crippen molar-refractivity contribution in [1.29, 1.82) is 0 Å². The molecule has 0 unspecified atom stereocenters. The van der Waals surface area contributed by atoms with E-state index in [1.807, 2.05) is 6.92 Å². The van der Waals surface area contributed by atoms with Gasteiger partial charge in [0.25, 0.3) is 0 Å². The molecule has 0 aromatic carbocycles. The Hall–Kier alpha value is -1.73. The van der Waals surface area contributed by atoms with Gasteiger partial charge in [-0.25, -0.2) is 4.68 Å². The number of hydrogen-bond acceptors (Lipinski definition) is 3. The van der Waals surface area contributed by atoms with E-state index in [9.17, 15) is 13.2 Å². The van der Waals surface area contributed by atoms with Crippen LogP contribution in [-0.4, -0.2) is 20.0 Å². The summed E-state index contributed by atoms with van der Waals surface area (Å²) in [4.78, 5) is 0. The predicted octanol–water partition coefficient (Wildman–Crippen LogP) is 2.16. The van der Waals surface area contributed by atoms with E-state index in [2.05, 4.69) is 15.3 Å². The van der Waals surface area contributed by atoms with Gasteiger partial charge >= 0.3 is 6.18 Å². The number of aromatic nitrogens is 4. The van der Waals surface area contributed by atoms with Crippen LogP contribution >= 0.6 is 0 Å². The minimum atomic E-state index is -4.52. The van der Waals surface area contributed by atoms with Gasteiger partial charge in [-0.1, -0.05) is 13.3 Å². The highest BCUT2D eigenvalue weighted by molar-refractivity contribution is 5.89. The van der Waals surface area contributed by atoms with Gasteiger partial charge in [0.1, 0.15) is 5.82 Å². The smallest absolute Gasteiger partial charge is 0.383 e. The van der Waals surface area contributed by atoms with Crippen molar-refractivity contribution in [2.75, 3.05) is 5.73 Å². The molecule has 0 spiro atoms. The van der Waals surface area contributed by atoms with Crippen LogP contribution in [0.1, 0.15) is 25.5 Å². The highest BCUT2D eigenvalue weighted by Gasteiger charge is 2.38. The fourth-order valence-corrected chi connectivity index (χ4v) is 1.65. The van der Waals surface area contributed by atoms with Gasteiger partial charge in [0.15, 0.2) is 11.3 Å². The Kier molecular flexibility index (Phi) is 2.72. The van der Waals surface area contributed by atoms with Gasteiger partial charge in [0, 0.05) is 6.54 Å². The van der Waals surface area contributed by atoms with Crippen LogP contribution in [0.4, 0.5) is 19.0 Å². The number of fused-ring (bicyclic) bond motifs is 1. The Balaban J connectivity index is 2.56. The lowest BCUT2D eigenvalue weighted by Gasteiger charge is -2.02. The zero-order chi connectivity index (χ0) is 12.6. The van der Waals surface area contributed by atoms with E-state index in [1.165, 1.54) is 4.68 Å². The van der Waals surface area contributed by atoms with Crippen molar-refractivity contribution < 1.29 is 13.2 Å². The summed E-state index contributed by atoms with van der Waals surface area (Å²) >= 11 is 0. The summed E-state index contributed by atoms with van der Waals surface area (Å²) in [7, 11) is 0. The molecule has 3 N–H and O–H groups in total. The average Bonchev–Trinajstić information content (AvgIpc) is 2.76. The van der Waals surface area contributed by atoms with Crippen molar-refractivity contribution in [3.05, 3.63) is 5.69 Å². The lowest BCUT2D eigenvalue weighted by molar-refractivity contribution is -0.140. The van der Waals surface area contributed by atoms with Crippen molar-refractivity contribution in [3.63, 3.8) is 0 Å². The number of rotatable bonds is 3. The molecule has 2 rings (SSSR count). The number of aryl methyl sites for hydroxylation is 1. The fraction of sp³-hybridized carbons (Fsp3) is 0.556. The molecule has 5 nitrogen and oxygen atoms in total. The molecule has 0 bridgehead atoms. The second-order valence-corrected chi connectivity index (χ2v) is 3.76. The third-order valence-electron chi connectivity index (χ3n) is 2.47. The summed E-state index contributed by atoms with van der Waals surface area (Å²) in [5.41, 5.74) is 4.62. The number of H-pyrrole nitrogens is 1. The van der Waals surface area contributed by atoms with E-state index in [0.717, 1.165) is 12.8 Å². The molecule has 0 saturated heterocycles. The predicted molar refractivity (Wildman–Crippen MR) is 56.2 cm³/mol. The maximum atomic E-state index is 12.7. The molecule has 17 heavy (non-hydrogen) atoms. The molecular weight excluding hydrogens is 235 g/mol. The number of alkyl halides is 3. The van der Waals surface area contributed by atoms with Crippen LogP contribution in [0.15, 0.2) is 0 Å². The van der Waals surface area contributed by atoms with Crippen LogP contribution in [0.25, 0.3) is 11.0 Å². The van der Waals surface area contributed by atoms with Gasteiger partial charge in [-0.15, -0.1) is 0 Å². The molecule has 94 valence electrons. The minimum Gasteiger partial charge on any atom is -0.383 e. The van der Waals surface area contributed by atoms with Gasteiger partial charge in [0.2, 0.25) is 0 Å². The summed E-state index contributed by atoms with van der Waals surface area (Å²) in [6.07, 6.45) is -2.92. The Bertz CT molecular complexity index is 524. The lowest BCUT2D eigenvalue weighted by Crippen LogP contribution is -2.09. The summed E-state index contributed by atoms with van der Waals surface area (Å²) in [5, 5.41) is 9.51. The molecular formula is C9H12F3N5. The number of nitrogens with zero attached hydrogens (tertiary/aromatic N) is 3. The second-order valence-electron chi connectivity index (χ2n) is 3.76. The van der Waals surface area contributed by atoms with E-state index in [0.29, 0.717) is 6.54 Å². The van der Waals surface area contributed by atoms with Crippen LogP contribution in [0.5, 0.6) is 0 Å². The zero-order valence-electron chi connectivity index (χ0n) is 9.17. The molecule has 0 radical (unpaired) electrons. The van der Waals surface area contributed by atoms with Gasteiger partial charge in [-0.05, 0) is 6.42 Å². The van der Waals surface area contributed by atoms with E-state index in [4.69, 9.17) is 5.73 Å². The van der Waals surface area contributed by atoms with Crippen LogP contribution < -0.4 is 5.73 Å². The summed E-state index contributed by atoms with van der Waals surface area (Å²) in [6.45, 7) is 2.34. The first kappa shape index (κ1) is 11.7. The summed E-state index contributed by atoms with van der Waals surface area (Å²) < 4.78 is 39.5.